The predicted molar refractivity (Wildman–Crippen MR) is 65.5 cm³/mol. The number of hydrogen-bond donors (Lipinski definition) is 0. The van der Waals surface area contributed by atoms with Crippen LogP contribution in [-0.2, 0) is 9.53 Å². The predicted octanol–water partition coefficient (Wildman–Crippen LogP) is 1.36. The second-order valence-electron chi connectivity index (χ2n) is 3.98. The van der Waals surface area contributed by atoms with E-state index in [0.29, 0.717) is 18.6 Å². The van der Waals surface area contributed by atoms with Gasteiger partial charge in [-0.05, 0) is 6.42 Å². The molecule has 0 N–H and O–H groups in total. The smallest absolute Gasteiger partial charge is 0.228 e. The average Bonchev–Trinajstić information content (AvgIpc) is 2.81. The lowest BCUT2D eigenvalue weighted by molar-refractivity contribution is -0.136. The molecule has 2 rings (SSSR count). The summed E-state index contributed by atoms with van der Waals surface area (Å²) in [4.78, 5) is 14.2. The summed E-state index contributed by atoms with van der Waals surface area (Å²) in [5.74, 6) is 2.56. The van der Waals surface area contributed by atoms with Crippen molar-refractivity contribution in [1.82, 2.24) is 4.90 Å². The number of thioether (sulfide) groups is 1. The first kappa shape index (κ1) is 11.7. The number of halogens is 1. The zero-order valence-electron chi connectivity index (χ0n) is 8.65. The van der Waals surface area contributed by atoms with Gasteiger partial charge < -0.3 is 9.64 Å². The molecule has 0 aromatic carbocycles. The Kier molecular flexibility index (Phi) is 4.34. The lowest BCUT2D eigenvalue weighted by atomic mass is 10.1. The summed E-state index contributed by atoms with van der Waals surface area (Å²) in [6, 6.07) is 0.372. The molecule has 86 valence electrons. The van der Waals surface area contributed by atoms with Gasteiger partial charge in [-0.2, -0.15) is 11.8 Å². The van der Waals surface area contributed by atoms with Crippen LogP contribution in [-0.4, -0.2) is 53.4 Å². The van der Waals surface area contributed by atoms with Crippen LogP contribution < -0.4 is 0 Å². The highest BCUT2D eigenvalue weighted by molar-refractivity contribution is 9.09. The van der Waals surface area contributed by atoms with Gasteiger partial charge in [-0.1, -0.05) is 15.9 Å². The van der Waals surface area contributed by atoms with Crippen LogP contribution in [0.4, 0.5) is 0 Å². The van der Waals surface area contributed by atoms with Gasteiger partial charge in [0.1, 0.15) is 0 Å². The number of nitrogens with zero attached hydrogens (tertiary/aromatic N) is 1. The average molecular weight is 294 g/mol. The summed E-state index contributed by atoms with van der Waals surface area (Å²) in [6.07, 6.45) is 0.900. The zero-order valence-corrected chi connectivity index (χ0v) is 11.1. The van der Waals surface area contributed by atoms with Gasteiger partial charge in [0.2, 0.25) is 5.91 Å². The molecule has 0 aromatic rings. The van der Waals surface area contributed by atoms with Crippen molar-refractivity contribution < 1.29 is 9.53 Å². The molecule has 15 heavy (non-hydrogen) atoms. The Morgan fingerprint density at radius 3 is 3.13 bits per heavy atom. The molecule has 5 heteroatoms. The molecule has 0 radical (unpaired) electrons. The van der Waals surface area contributed by atoms with E-state index >= 15 is 0 Å². The maximum Gasteiger partial charge on any atom is 0.228 e. The van der Waals surface area contributed by atoms with Gasteiger partial charge in [-0.3, -0.25) is 4.79 Å². The van der Waals surface area contributed by atoms with E-state index in [-0.39, 0.29) is 5.92 Å². The SMILES string of the molecule is O=C(C1CCOC1)N1CCSCC1CBr. The molecule has 1 amide bonds. The van der Waals surface area contributed by atoms with E-state index in [1.807, 2.05) is 16.7 Å². The van der Waals surface area contributed by atoms with Crippen LogP contribution in [0.3, 0.4) is 0 Å². The molecule has 2 aliphatic heterocycles. The summed E-state index contributed by atoms with van der Waals surface area (Å²) in [7, 11) is 0. The normalized spacial score (nSPS) is 31.9. The van der Waals surface area contributed by atoms with Crippen LogP contribution in [0.1, 0.15) is 6.42 Å². The molecule has 2 aliphatic rings. The minimum atomic E-state index is 0.120. The first-order chi connectivity index (χ1) is 7.33. The summed E-state index contributed by atoms with van der Waals surface area (Å²) in [5, 5.41) is 0.888. The van der Waals surface area contributed by atoms with Crippen molar-refractivity contribution in [1.29, 1.82) is 0 Å². The van der Waals surface area contributed by atoms with Crippen molar-refractivity contribution in [3.05, 3.63) is 0 Å². The topological polar surface area (TPSA) is 29.5 Å². The van der Waals surface area contributed by atoms with Crippen LogP contribution >= 0.6 is 27.7 Å². The molecule has 2 fully saturated rings. The maximum atomic E-state index is 12.2. The lowest BCUT2D eigenvalue weighted by Gasteiger charge is -2.35. The third-order valence-electron chi connectivity index (χ3n) is 2.97. The van der Waals surface area contributed by atoms with Crippen LogP contribution in [0.2, 0.25) is 0 Å². The molecule has 2 unspecified atom stereocenters. The minimum absolute atomic E-state index is 0.120. The van der Waals surface area contributed by atoms with Gasteiger partial charge in [0.05, 0.1) is 18.6 Å². The Morgan fingerprint density at radius 2 is 2.47 bits per heavy atom. The van der Waals surface area contributed by atoms with Crippen LogP contribution in [0.5, 0.6) is 0 Å². The van der Waals surface area contributed by atoms with Gasteiger partial charge >= 0.3 is 0 Å². The summed E-state index contributed by atoms with van der Waals surface area (Å²) >= 11 is 5.43. The van der Waals surface area contributed by atoms with E-state index in [1.165, 1.54) is 0 Å². The third-order valence-corrected chi connectivity index (χ3v) is 4.81. The second-order valence-corrected chi connectivity index (χ2v) is 5.77. The quantitative estimate of drug-likeness (QED) is 0.720. The highest BCUT2D eigenvalue weighted by Gasteiger charge is 2.32. The van der Waals surface area contributed by atoms with Gasteiger partial charge in [-0.25, -0.2) is 0 Å². The Balaban J connectivity index is 1.96. The fraction of sp³-hybridized carbons (Fsp3) is 0.900. The molecule has 0 aliphatic carbocycles. The molecule has 2 atom stereocenters. The Labute approximate surface area is 103 Å². The number of carbonyl (C=O) groups excluding carboxylic acids is 1. The molecule has 0 spiro atoms. The number of hydrogen-bond acceptors (Lipinski definition) is 3. The number of amides is 1. The summed E-state index contributed by atoms with van der Waals surface area (Å²) in [6.45, 7) is 2.27. The fourth-order valence-electron chi connectivity index (χ4n) is 2.04. The van der Waals surface area contributed by atoms with Gasteiger partial charge in [0.15, 0.2) is 0 Å². The monoisotopic (exact) mass is 293 g/mol. The fourth-order valence-corrected chi connectivity index (χ4v) is 3.98. The van der Waals surface area contributed by atoms with E-state index in [0.717, 1.165) is 36.4 Å². The maximum absolute atomic E-state index is 12.2. The Hall–Kier alpha value is 0.260. The first-order valence-corrected chi connectivity index (χ1v) is 7.62. The Bertz CT molecular complexity index is 233. The summed E-state index contributed by atoms with van der Waals surface area (Å²) in [5.41, 5.74) is 0. The largest absolute Gasteiger partial charge is 0.381 e. The van der Waals surface area contributed by atoms with Gasteiger partial charge in [-0.15, -0.1) is 0 Å². The van der Waals surface area contributed by atoms with Crippen LogP contribution in [0.25, 0.3) is 0 Å². The Morgan fingerprint density at radius 1 is 1.60 bits per heavy atom. The van der Waals surface area contributed by atoms with Crippen LogP contribution in [0, 0.1) is 5.92 Å². The first-order valence-electron chi connectivity index (χ1n) is 5.35. The van der Waals surface area contributed by atoms with Crippen molar-refractivity contribution in [3.63, 3.8) is 0 Å². The van der Waals surface area contributed by atoms with E-state index in [1.54, 1.807) is 0 Å². The zero-order chi connectivity index (χ0) is 10.7. The van der Waals surface area contributed by atoms with E-state index < -0.39 is 0 Å². The number of rotatable bonds is 2. The minimum Gasteiger partial charge on any atom is -0.381 e. The number of carbonyl (C=O) groups is 1. The molecule has 2 heterocycles. The highest BCUT2D eigenvalue weighted by atomic mass is 79.9. The second kappa shape index (κ2) is 5.55. The molecule has 2 saturated heterocycles. The van der Waals surface area contributed by atoms with Crippen LogP contribution in [0.15, 0.2) is 0 Å². The number of ether oxygens (including phenoxy) is 1. The molecule has 0 bridgehead atoms. The van der Waals surface area contributed by atoms with E-state index in [9.17, 15) is 4.79 Å². The van der Waals surface area contributed by atoms with Crippen molar-refractivity contribution in [3.8, 4) is 0 Å². The summed E-state index contributed by atoms with van der Waals surface area (Å²) < 4.78 is 5.27. The molecule has 0 saturated carbocycles. The molecular formula is C10H16BrNO2S. The number of alkyl halides is 1. The van der Waals surface area contributed by atoms with Gasteiger partial charge in [0.25, 0.3) is 0 Å². The van der Waals surface area contributed by atoms with Crippen molar-refractivity contribution in [2.45, 2.75) is 12.5 Å². The van der Waals surface area contributed by atoms with Crippen molar-refractivity contribution in [2.75, 3.05) is 36.6 Å². The van der Waals surface area contributed by atoms with E-state index in [4.69, 9.17) is 4.74 Å². The van der Waals surface area contributed by atoms with E-state index in [2.05, 4.69) is 15.9 Å². The highest BCUT2D eigenvalue weighted by Crippen LogP contribution is 2.23. The third kappa shape index (κ3) is 2.68. The standard InChI is InChI=1S/C10H16BrNO2S/c11-5-9-7-15-4-2-12(9)10(13)8-1-3-14-6-8/h8-9H,1-7H2. The molecular weight excluding hydrogens is 278 g/mol. The van der Waals surface area contributed by atoms with Crippen molar-refractivity contribution >= 4 is 33.6 Å². The molecule has 3 nitrogen and oxygen atoms in total. The molecule has 0 aromatic heterocycles. The van der Waals surface area contributed by atoms with Gasteiger partial charge in [0, 0.05) is 30.0 Å². The lowest BCUT2D eigenvalue weighted by Crippen LogP contribution is -2.49. The van der Waals surface area contributed by atoms with Crippen molar-refractivity contribution in [2.24, 2.45) is 5.92 Å².